The fourth-order valence-electron chi connectivity index (χ4n) is 0.808. The normalized spacial score (nSPS) is 12.3. The fraction of sp³-hybridized carbons (Fsp3) is 0.500. The highest BCUT2D eigenvalue weighted by atomic mass is 79.9. The summed E-state index contributed by atoms with van der Waals surface area (Å²) in [6, 6.07) is 1.64. The van der Waals surface area contributed by atoms with Gasteiger partial charge in [0.15, 0.2) is 0 Å². The predicted octanol–water partition coefficient (Wildman–Crippen LogP) is 1.95. The van der Waals surface area contributed by atoms with Crippen molar-refractivity contribution in [1.82, 2.24) is 9.97 Å². The molecular weight excluding hydrogens is 236 g/mol. The lowest BCUT2D eigenvalue weighted by Gasteiger charge is -2.06. The molecule has 1 unspecified atom stereocenters. The minimum Gasteiger partial charge on any atom is -0.481 e. The Bertz CT molecular complexity index is 269. The maximum absolute atomic E-state index is 5.00. The topological polar surface area (TPSA) is 44.2 Å². The maximum atomic E-state index is 5.00. The van der Waals surface area contributed by atoms with Crippen LogP contribution in [0.25, 0.3) is 0 Å². The summed E-state index contributed by atoms with van der Waals surface area (Å²) in [4.78, 5) is 8.36. The lowest BCUT2D eigenvalue weighted by Crippen LogP contribution is -2.00. The minimum absolute atomic E-state index is 0.0801. The molecule has 4 nitrogen and oxygen atoms in total. The predicted molar refractivity (Wildman–Crippen MR) is 52.5 cm³/mol. The zero-order valence-corrected chi connectivity index (χ0v) is 9.33. The Labute approximate surface area is 85.4 Å². The molecule has 1 rings (SSSR count). The molecule has 1 aromatic heterocycles. The molecule has 0 N–H and O–H groups in total. The first-order valence-electron chi connectivity index (χ1n) is 3.78. The zero-order valence-electron chi connectivity index (χ0n) is 7.74. The average Bonchev–Trinajstić information content (AvgIpc) is 2.16. The van der Waals surface area contributed by atoms with E-state index in [9.17, 15) is 0 Å². The van der Waals surface area contributed by atoms with Crippen molar-refractivity contribution in [3.8, 4) is 11.8 Å². The molecule has 0 aliphatic heterocycles. The van der Waals surface area contributed by atoms with E-state index >= 15 is 0 Å². The van der Waals surface area contributed by atoms with E-state index in [0.29, 0.717) is 17.6 Å². The van der Waals surface area contributed by atoms with Crippen LogP contribution in [-0.2, 0) is 0 Å². The third-order valence-electron chi connectivity index (χ3n) is 1.47. The van der Waals surface area contributed by atoms with Gasteiger partial charge in [-0.25, -0.2) is 0 Å². The molecule has 1 heterocycles. The summed E-state index contributed by atoms with van der Waals surface area (Å²) in [6.45, 7) is 1.94. The second-order valence-corrected chi connectivity index (χ2v) is 3.80. The third kappa shape index (κ3) is 2.55. The summed E-state index contributed by atoms with van der Waals surface area (Å²) in [5.41, 5.74) is 0. The van der Waals surface area contributed by atoms with E-state index in [2.05, 4.69) is 25.9 Å². The molecule has 5 heteroatoms. The second kappa shape index (κ2) is 4.41. The van der Waals surface area contributed by atoms with Crippen LogP contribution in [0, 0.1) is 0 Å². The Hall–Kier alpha value is -0.840. The highest BCUT2D eigenvalue weighted by molar-refractivity contribution is 9.09. The average molecular weight is 247 g/mol. The van der Waals surface area contributed by atoms with Gasteiger partial charge in [-0.05, 0) is 6.92 Å². The van der Waals surface area contributed by atoms with Crippen LogP contribution < -0.4 is 9.47 Å². The summed E-state index contributed by atoms with van der Waals surface area (Å²) in [5.74, 6) is 1.66. The zero-order chi connectivity index (χ0) is 9.84. The Balaban J connectivity index is 3.07. The summed E-state index contributed by atoms with van der Waals surface area (Å²) in [5, 5.41) is 0. The lowest BCUT2D eigenvalue weighted by molar-refractivity contribution is 0.368. The molecule has 0 aromatic carbocycles. The van der Waals surface area contributed by atoms with Gasteiger partial charge in [0.1, 0.15) is 5.82 Å². The van der Waals surface area contributed by atoms with Crippen molar-refractivity contribution in [3.63, 3.8) is 0 Å². The number of methoxy groups -OCH3 is 2. The van der Waals surface area contributed by atoms with Crippen LogP contribution in [0.2, 0.25) is 0 Å². The maximum Gasteiger partial charge on any atom is 0.220 e. The van der Waals surface area contributed by atoms with Gasteiger partial charge in [-0.1, -0.05) is 15.9 Å². The Morgan fingerprint density at radius 1 is 1.23 bits per heavy atom. The van der Waals surface area contributed by atoms with E-state index in [1.54, 1.807) is 20.3 Å². The van der Waals surface area contributed by atoms with Crippen LogP contribution in [0.15, 0.2) is 6.07 Å². The molecule has 0 spiro atoms. The SMILES string of the molecule is COc1cc(OC)nc(C(C)Br)n1. The van der Waals surface area contributed by atoms with Gasteiger partial charge in [-0.3, -0.25) is 0 Å². The van der Waals surface area contributed by atoms with Crippen molar-refractivity contribution in [1.29, 1.82) is 0 Å². The van der Waals surface area contributed by atoms with E-state index in [4.69, 9.17) is 9.47 Å². The highest BCUT2D eigenvalue weighted by Gasteiger charge is 2.09. The molecule has 0 saturated heterocycles. The molecule has 0 bridgehead atoms. The second-order valence-electron chi connectivity index (χ2n) is 2.43. The smallest absolute Gasteiger partial charge is 0.220 e. The molecule has 0 aliphatic rings. The number of alkyl halides is 1. The van der Waals surface area contributed by atoms with Crippen molar-refractivity contribution >= 4 is 15.9 Å². The molecule has 1 atom stereocenters. The molecule has 0 aliphatic carbocycles. The first kappa shape index (κ1) is 10.2. The van der Waals surface area contributed by atoms with Crippen LogP contribution in [0.1, 0.15) is 17.6 Å². The van der Waals surface area contributed by atoms with Crippen molar-refractivity contribution < 1.29 is 9.47 Å². The summed E-state index contributed by atoms with van der Waals surface area (Å²) >= 11 is 3.37. The van der Waals surface area contributed by atoms with Crippen LogP contribution in [-0.4, -0.2) is 24.2 Å². The fourth-order valence-corrected chi connectivity index (χ4v) is 1.01. The highest BCUT2D eigenvalue weighted by Crippen LogP contribution is 2.23. The molecule has 0 fully saturated rings. The van der Waals surface area contributed by atoms with Crippen molar-refractivity contribution in [2.75, 3.05) is 14.2 Å². The number of aromatic nitrogens is 2. The van der Waals surface area contributed by atoms with Gasteiger partial charge >= 0.3 is 0 Å². The van der Waals surface area contributed by atoms with Crippen LogP contribution in [0.5, 0.6) is 11.8 Å². The minimum atomic E-state index is 0.0801. The van der Waals surface area contributed by atoms with E-state index < -0.39 is 0 Å². The number of rotatable bonds is 3. The first-order valence-corrected chi connectivity index (χ1v) is 4.70. The number of hydrogen-bond donors (Lipinski definition) is 0. The standard InChI is InChI=1S/C8H11BrN2O2/c1-5(9)8-10-6(12-2)4-7(11-8)13-3/h4-5H,1-3H3. The molecule has 1 aromatic rings. The van der Waals surface area contributed by atoms with Crippen molar-refractivity contribution in [2.45, 2.75) is 11.8 Å². The molecule has 13 heavy (non-hydrogen) atoms. The summed E-state index contributed by atoms with van der Waals surface area (Å²) in [6.07, 6.45) is 0. The van der Waals surface area contributed by atoms with Crippen LogP contribution in [0.3, 0.4) is 0 Å². The Kier molecular flexibility index (Phi) is 3.48. The van der Waals surface area contributed by atoms with E-state index in [1.165, 1.54) is 0 Å². The Morgan fingerprint density at radius 2 is 1.69 bits per heavy atom. The largest absolute Gasteiger partial charge is 0.481 e. The molecule has 0 radical (unpaired) electrons. The van der Waals surface area contributed by atoms with Gasteiger partial charge in [-0.15, -0.1) is 0 Å². The molecule has 0 amide bonds. The van der Waals surface area contributed by atoms with E-state index in [-0.39, 0.29) is 4.83 Å². The van der Waals surface area contributed by atoms with E-state index in [1.807, 2.05) is 6.92 Å². The number of halogens is 1. The van der Waals surface area contributed by atoms with Gasteiger partial charge in [0.2, 0.25) is 11.8 Å². The Morgan fingerprint density at radius 3 is 2.00 bits per heavy atom. The lowest BCUT2D eigenvalue weighted by atomic mass is 10.4. The van der Waals surface area contributed by atoms with Crippen molar-refractivity contribution in [2.24, 2.45) is 0 Å². The van der Waals surface area contributed by atoms with Gasteiger partial charge in [-0.2, -0.15) is 9.97 Å². The van der Waals surface area contributed by atoms with Gasteiger partial charge in [0, 0.05) is 0 Å². The van der Waals surface area contributed by atoms with Crippen molar-refractivity contribution in [3.05, 3.63) is 11.9 Å². The quantitative estimate of drug-likeness (QED) is 0.765. The molecule has 0 saturated carbocycles. The summed E-state index contributed by atoms with van der Waals surface area (Å²) in [7, 11) is 3.12. The number of ether oxygens (including phenoxy) is 2. The summed E-state index contributed by atoms with van der Waals surface area (Å²) < 4.78 is 9.99. The van der Waals surface area contributed by atoms with Gasteiger partial charge in [0.25, 0.3) is 0 Å². The number of nitrogens with zero attached hydrogens (tertiary/aromatic N) is 2. The molecular formula is C8H11BrN2O2. The van der Waals surface area contributed by atoms with Gasteiger partial charge < -0.3 is 9.47 Å². The number of hydrogen-bond acceptors (Lipinski definition) is 4. The van der Waals surface area contributed by atoms with Gasteiger partial charge in [0.05, 0.1) is 25.1 Å². The van der Waals surface area contributed by atoms with E-state index in [0.717, 1.165) is 0 Å². The first-order chi connectivity index (χ1) is 6.17. The third-order valence-corrected chi connectivity index (χ3v) is 1.88. The van der Waals surface area contributed by atoms with Crippen LogP contribution >= 0.6 is 15.9 Å². The monoisotopic (exact) mass is 246 g/mol. The molecule has 72 valence electrons. The van der Waals surface area contributed by atoms with Crippen LogP contribution in [0.4, 0.5) is 0 Å².